The monoisotopic (exact) mass is 272 g/mol. The minimum Gasteiger partial charge on any atom is -0.398 e. The minimum atomic E-state index is -0.107. The molecule has 0 aliphatic carbocycles. The average molecular weight is 272 g/mol. The Morgan fingerprint density at radius 3 is 2.60 bits per heavy atom. The van der Waals surface area contributed by atoms with Crippen molar-refractivity contribution in [3.8, 4) is 0 Å². The first-order valence-corrected chi connectivity index (χ1v) is 6.54. The van der Waals surface area contributed by atoms with Gasteiger partial charge in [0.1, 0.15) is 5.69 Å². The number of benzene rings is 1. The molecule has 0 saturated heterocycles. The molecule has 0 saturated carbocycles. The van der Waals surface area contributed by atoms with Crippen LogP contribution in [-0.2, 0) is 0 Å². The fourth-order valence-electron chi connectivity index (χ4n) is 1.96. The van der Waals surface area contributed by atoms with E-state index in [4.69, 9.17) is 5.73 Å². The van der Waals surface area contributed by atoms with Gasteiger partial charge in [-0.05, 0) is 26.2 Å². The second kappa shape index (κ2) is 5.88. The standard InChI is InChI=1S/C15H20N4O/c1-18(2)8-9-19(3)15(20)14-10-12(16)11-6-4-5-7-13(11)17-14/h4-7,10H,8-9H2,1-3H3,(H2,16,17). The number of likely N-dealkylation sites (N-methyl/N-ethyl adjacent to an activating group) is 2. The van der Waals surface area contributed by atoms with Crippen LogP contribution in [-0.4, -0.2) is 54.9 Å². The number of anilines is 1. The average Bonchev–Trinajstić information content (AvgIpc) is 2.43. The third-order valence-corrected chi connectivity index (χ3v) is 3.20. The van der Waals surface area contributed by atoms with Gasteiger partial charge in [-0.2, -0.15) is 0 Å². The molecule has 20 heavy (non-hydrogen) atoms. The van der Waals surface area contributed by atoms with E-state index in [-0.39, 0.29) is 5.91 Å². The van der Waals surface area contributed by atoms with Gasteiger partial charge in [0, 0.05) is 31.2 Å². The van der Waals surface area contributed by atoms with E-state index in [0.717, 1.165) is 17.4 Å². The van der Waals surface area contributed by atoms with Gasteiger partial charge in [-0.1, -0.05) is 18.2 Å². The molecule has 1 aromatic heterocycles. The summed E-state index contributed by atoms with van der Waals surface area (Å²) >= 11 is 0. The number of para-hydroxylation sites is 1. The molecule has 1 aromatic carbocycles. The molecule has 2 rings (SSSR count). The van der Waals surface area contributed by atoms with Gasteiger partial charge in [-0.15, -0.1) is 0 Å². The number of pyridine rings is 1. The second-order valence-electron chi connectivity index (χ2n) is 5.14. The van der Waals surface area contributed by atoms with Crippen LogP contribution in [0.4, 0.5) is 5.69 Å². The highest BCUT2D eigenvalue weighted by atomic mass is 16.2. The molecule has 0 radical (unpaired) electrons. The number of hydrogen-bond donors (Lipinski definition) is 1. The molecular formula is C15H20N4O. The molecule has 0 bridgehead atoms. The van der Waals surface area contributed by atoms with Crippen LogP contribution in [0.25, 0.3) is 10.9 Å². The number of amides is 1. The molecule has 2 aromatic rings. The Labute approximate surface area is 119 Å². The Bertz CT molecular complexity index is 624. The van der Waals surface area contributed by atoms with Gasteiger partial charge >= 0.3 is 0 Å². The zero-order chi connectivity index (χ0) is 14.7. The third-order valence-electron chi connectivity index (χ3n) is 3.20. The van der Waals surface area contributed by atoms with Crippen LogP contribution in [0.3, 0.4) is 0 Å². The van der Waals surface area contributed by atoms with Crippen molar-refractivity contribution < 1.29 is 4.79 Å². The lowest BCUT2D eigenvalue weighted by molar-refractivity contribution is 0.0781. The highest BCUT2D eigenvalue weighted by Gasteiger charge is 2.15. The van der Waals surface area contributed by atoms with Crippen LogP contribution < -0.4 is 5.73 Å². The van der Waals surface area contributed by atoms with Gasteiger partial charge in [-0.3, -0.25) is 4.79 Å². The van der Waals surface area contributed by atoms with Crippen molar-refractivity contribution in [3.05, 3.63) is 36.0 Å². The lowest BCUT2D eigenvalue weighted by atomic mass is 10.1. The number of carbonyl (C=O) groups is 1. The molecule has 106 valence electrons. The molecule has 0 fully saturated rings. The van der Waals surface area contributed by atoms with Crippen LogP contribution in [0, 0.1) is 0 Å². The topological polar surface area (TPSA) is 62.5 Å². The first-order valence-electron chi connectivity index (χ1n) is 6.54. The smallest absolute Gasteiger partial charge is 0.272 e. The number of fused-ring (bicyclic) bond motifs is 1. The summed E-state index contributed by atoms with van der Waals surface area (Å²) in [5, 5.41) is 0.875. The predicted molar refractivity (Wildman–Crippen MR) is 81.7 cm³/mol. The molecule has 5 heteroatoms. The summed E-state index contributed by atoms with van der Waals surface area (Å²) in [7, 11) is 5.73. The molecule has 0 spiro atoms. The lowest BCUT2D eigenvalue weighted by Gasteiger charge is -2.19. The van der Waals surface area contributed by atoms with Crippen molar-refractivity contribution in [2.24, 2.45) is 0 Å². The number of nitrogen functional groups attached to an aromatic ring is 1. The van der Waals surface area contributed by atoms with Gasteiger partial charge in [0.05, 0.1) is 5.52 Å². The van der Waals surface area contributed by atoms with Crippen molar-refractivity contribution in [2.75, 3.05) is 40.0 Å². The van der Waals surface area contributed by atoms with Crippen LogP contribution >= 0.6 is 0 Å². The van der Waals surface area contributed by atoms with Gasteiger partial charge < -0.3 is 15.5 Å². The summed E-state index contributed by atoms with van der Waals surface area (Å²) in [5.41, 5.74) is 7.72. The zero-order valence-corrected chi connectivity index (χ0v) is 12.1. The first-order chi connectivity index (χ1) is 9.49. The summed E-state index contributed by atoms with van der Waals surface area (Å²) in [6, 6.07) is 9.21. The fourth-order valence-corrected chi connectivity index (χ4v) is 1.96. The predicted octanol–water partition coefficient (Wildman–Crippen LogP) is 1.45. The van der Waals surface area contributed by atoms with Crippen molar-refractivity contribution >= 4 is 22.5 Å². The Hall–Kier alpha value is -2.14. The Balaban J connectivity index is 2.26. The maximum atomic E-state index is 12.3. The number of aromatic nitrogens is 1. The normalized spacial score (nSPS) is 11.0. The fraction of sp³-hybridized carbons (Fsp3) is 0.333. The van der Waals surface area contributed by atoms with E-state index >= 15 is 0 Å². The van der Waals surface area contributed by atoms with Gasteiger partial charge in [0.2, 0.25) is 0 Å². The number of carbonyl (C=O) groups excluding carboxylic acids is 1. The molecular weight excluding hydrogens is 252 g/mol. The summed E-state index contributed by atoms with van der Waals surface area (Å²) < 4.78 is 0. The van der Waals surface area contributed by atoms with Gasteiger partial charge in [0.15, 0.2) is 0 Å². The van der Waals surface area contributed by atoms with E-state index in [1.54, 1.807) is 18.0 Å². The number of nitrogens with two attached hydrogens (primary N) is 1. The third kappa shape index (κ3) is 3.05. The van der Waals surface area contributed by atoms with E-state index in [0.29, 0.717) is 17.9 Å². The largest absolute Gasteiger partial charge is 0.398 e. The summed E-state index contributed by atoms with van der Waals surface area (Å²) in [4.78, 5) is 20.4. The van der Waals surface area contributed by atoms with Crippen LogP contribution in [0.5, 0.6) is 0 Å². The highest BCUT2D eigenvalue weighted by Crippen LogP contribution is 2.20. The molecule has 1 amide bonds. The van der Waals surface area contributed by atoms with E-state index < -0.39 is 0 Å². The van der Waals surface area contributed by atoms with Crippen molar-refractivity contribution in [2.45, 2.75) is 0 Å². The number of hydrogen-bond acceptors (Lipinski definition) is 4. The van der Waals surface area contributed by atoms with Gasteiger partial charge in [0.25, 0.3) is 5.91 Å². The zero-order valence-electron chi connectivity index (χ0n) is 12.1. The van der Waals surface area contributed by atoms with E-state index in [9.17, 15) is 4.79 Å². The Morgan fingerprint density at radius 2 is 1.90 bits per heavy atom. The van der Waals surface area contributed by atoms with E-state index in [2.05, 4.69) is 4.98 Å². The lowest BCUT2D eigenvalue weighted by Crippen LogP contribution is -2.34. The minimum absolute atomic E-state index is 0.107. The molecule has 2 N–H and O–H groups in total. The molecule has 0 unspecified atom stereocenters. The molecule has 0 aliphatic heterocycles. The number of rotatable bonds is 4. The Kier molecular flexibility index (Phi) is 4.20. The molecule has 1 heterocycles. The molecule has 0 atom stereocenters. The number of nitrogens with zero attached hydrogens (tertiary/aromatic N) is 3. The van der Waals surface area contributed by atoms with Crippen molar-refractivity contribution in [1.82, 2.24) is 14.8 Å². The van der Waals surface area contributed by atoms with Crippen molar-refractivity contribution in [3.63, 3.8) is 0 Å². The summed E-state index contributed by atoms with van der Waals surface area (Å²) in [5.74, 6) is -0.107. The quantitative estimate of drug-likeness (QED) is 0.915. The molecule has 5 nitrogen and oxygen atoms in total. The van der Waals surface area contributed by atoms with Gasteiger partial charge in [-0.25, -0.2) is 4.98 Å². The van der Waals surface area contributed by atoms with Crippen LogP contribution in [0.15, 0.2) is 30.3 Å². The second-order valence-corrected chi connectivity index (χ2v) is 5.14. The maximum absolute atomic E-state index is 12.3. The molecule has 0 aliphatic rings. The summed E-state index contributed by atoms with van der Waals surface area (Å²) in [6.45, 7) is 1.46. The SMILES string of the molecule is CN(C)CCN(C)C(=O)c1cc(N)c2ccccc2n1. The van der Waals surface area contributed by atoms with E-state index in [1.807, 2.05) is 43.3 Å². The highest BCUT2D eigenvalue weighted by molar-refractivity contribution is 5.99. The first kappa shape index (κ1) is 14.3. The van der Waals surface area contributed by atoms with Crippen LogP contribution in [0.1, 0.15) is 10.5 Å². The summed E-state index contributed by atoms with van der Waals surface area (Å²) in [6.07, 6.45) is 0. The van der Waals surface area contributed by atoms with Crippen LogP contribution in [0.2, 0.25) is 0 Å². The van der Waals surface area contributed by atoms with Crippen molar-refractivity contribution in [1.29, 1.82) is 0 Å². The van der Waals surface area contributed by atoms with E-state index in [1.165, 1.54) is 0 Å². The Morgan fingerprint density at radius 1 is 1.20 bits per heavy atom. The maximum Gasteiger partial charge on any atom is 0.272 e.